The molecule has 0 saturated carbocycles. The minimum Gasteiger partial charge on any atom is -0.375 e. The standard InChI is InChI=1S/C39H37F2N7O5S/c1-5-42-38(51)45-27-15-17-28(18-16-27)47-37-34(26(22-54-37)21-44-23(2)32-13-6-7-19-43-32)36(50)48(39(47)52)33-14-8-10-25(35(33)53-46(4)24(3)49)20-29-30(40)11-9-12-31(29)41/h6-19,22-23,44H,5,20-21H2,1-4H3,(H2,42,45,51). The van der Waals surface area contributed by atoms with Crippen LogP contribution in [0.4, 0.5) is 19.3 Å². The average molecular weight is 754 g/mol. The number of rotatable bonds is 12. The Hall–Kier alpha value is -6.19. The molecule has 6 rings (SSSR count). The molecule has 0 aliphatic rings. The van der Waals surface area contributed by atoms with Gasteiger partial charge in [0.15, 0.2) is 5.75 Å². The fourth-order valence-electron chi connectivity index (χ4n) is 5.85. The van der Waals surface area contributed by atoms with Gasteiger partial charge in [0.1, 0.15) is 16.5 Å². The Balaban J connectivity index is 1.56. The van der Waals surface area contributed by atoms with Crippen LogP contribution in [0.2, 0.25) is 0 Å². The lowest BCUT2D eigenvalue weighted by atomic mass is 10.0. The zero-order chi connectivity index (χ0) is 38.5. The van der Waals surface area contributed by atoms with Crippen molar-refractivity contribution in [1.29, 1.82) is 0 Å². The second-order valence-corrected chi connectivity index (χ2v) is 13.2. The van der Waals surface area contributed by atoms with E-state index in [0.717, 1.165) is 27.5 Å². The van der Waals surface area contributed by atoms with E-state index < -0.39 is 34.8 Å². The van der Waals surface area contributed by atoms with Crippen LogP contribution in [0.1, 0.15) is 49.2 Å². The third-order valence-corrected chi connectivity index (χ3v) is 9.73. The van der Waals surface area contributed by atoms with Gasteiger partial charge in [-0.3, -0.25) is 19.1 Å². The van der Waals surface area contributed by atoms with Crippen LogP contribution in [0, 0.1) is 11.6 Å². The van der Waals surface area contributed by atoms with Crippen molar-refractivity contribution in [3.8, 4) is 17.1 Å². The smallest absolute Gasteiger partial charge is 0.341 e. The number of urea groups is 1. The normalized spacial score (nSPS) is 11.7. The molecule has 54 heavy (non-hydrogen) atoms. The monoisotopic (exact) mass is 753 g/mol. The molecule has 0 bridgehead atoms. The fourth-order valence-corrected chi connectivity index (χ4v) is 6.93. The number of nitrogens with one attached hydrogen (secondary N) is 3. The summed E-state index contributed by atoms with van der Waals surface area (Å²) in [4.78, 5) is 64.8. The summed E-state index contributed by atoms with van der Waals surface area (Å²) in [5.74, 6) is -2.23. The maximum atomic E-state index is 14.9. The summed E-state index contributed by atoms with van der Waals surface area (Å²) in [6.07, 6.45) is 1.37. The predicted molar refractivity (Wildman–Crippen MR) is 203 cm³/mol. The van der Waals surface area contributed by atoms with E-state index in [4.69, 9.17) is 4.84 Å². The molecule has 0 radical (unpaired) electrons. The summed E-state index contributed by atoms with van der Waals surface area (Å²) >= 11 is 1.21. The number of carbonyl (C=O) groups is 2. The van der Waals surface area contributed by atoms with Crippen molar-refractivity contribution < 1.29 is 23.2 Å². The van der Waals surface area contributed by atoms with E-state index in [2.05, 4.69) is 20.9 Å². The lowest BCUT2D eigenvalue weighted by Gasteiger charge is -2.22. The van der Waals surface area contributed by atoms with Crippen molar-refractivity contribution in [2.24, 2.45) is 0 Å². The second kappa shape index (κ2) is 16.2. The quantitative estimate of drug-likeness (QED) is 0.126. The Morgan fingerprint density at radius 3 is 2.33 bits per heavy atom. The molecule has 278 valence electrons. The van der Waals surface area contributed by atoms with Crippen molar-refractivity contribution in [3.05, 3.63) is 145 Å². The van der Waals surface area contributed by atoms with E-state index in [9.17, 15) is 28.0 Å². The lowest BCUT2D eigenvalue weighted by Crippen LogP contribution is -2.39. The topological polar surface area (TPSA) is 140 Å². The summed E-state index contributed by atoms with van der Waals surface area (Å²) in [5.41, 5.74) is 0.705. The van der Waals surface area contributed by atoms with Gasteiger partial charge in [-0.25, -0.2) is 22.9 Å². The third-order valence-electron chi connectivity index (χ3n) is 8.72. The second-order valence-electron chi connectivity index (χ2n) is 12.3. The zero-order valence-electron chi connectivity index (χ0n) is 29.9. The van der Waals surface area contributed by atoms with Gasteiger partial charge < -0.3 is 20.8 Å². The van der Waals surface area contributed by atoms with Crippen LogP contribution in [0.5, 0.6) is 5.75 Å². The average Bonchev–Trinajstić information content (AvgIpc) is 3.58. The van der Waals surface area contributed by atoms with Gasteiger partial charge in [0.2, 0.25) is 0 Å². The highest BCUT2D eigenvalue weighted by Crippen LogP contribution is 2.32. The van der Waals surface area contributed by atoms with Crippen LogP contribution in [-0.4, -0.2) is 44.7 Å². The first kappa shape index (κ1) is 37.6. The molecule has 1 unspecified atom stereocenters. The Bertz CT molecular complexity index is 2430. The number of hydrogen-bond donors (Lipinski definition) is 3. The number of benzene rings is 3. The van der Waals surface area contributed by atoms with Gasteiger partial charge in [0, 0.05) is 62.5 Å². The number of aromatic nitrogens is 3. The Labute approximate surface area is 312 Å². The van der Waals surface area contributed by atoms with Crippen molar-refractivity contribution in [1.82, 2.24) is 29.8 Å². The summed E-state index contributed by atoms with van der Waals surface area (Å²) in [7, 11) is 1.35. The number of nitrogens with zero attached hydrogens (tertiary/aromatic N) is 4. The summed E-state index contributed by atoms with van der Waals surface area (Å²) in [6.45, 7) is 5.66. The highest BCUT2D eigenvalue weighted by molar-refractivity contribution is 7.17. The van der Waals surface area contributed by atoms with Gasteiger partial charge in [-0.2, -0.15) is 5.06 Å². The van der Waals surface area contributed by atoms with Crippen molar-refractivity contribution in [2.45, 2.75) is 39.8 Å². The zero-order valence-corrected chi connectivity index (χ0v) is 30.7. The van der Waals surface area contributed by atoms with Crippen molar-refractivity contribution in [2.75, 3.05) is 18.9 Å². The number of halogens is 2. The van der Waals surface area contributed by atoms with Gasteiger partial charge in [0.25, 0.3) is 11.5 Å². The van der Waals surface area contributed by atoms with Crippen LogP contribution >= 0.6 is 11.3 Å². The van der Waals surface area contributed by atoms with E-state index in [1.165, 1.54) is 48.1 Å². The number of hydroxylamine groups is 2. The van der Waals surface area contributed by atoms with Crippen LogP contribution in [-0.2, 0) is 17.8 Å². The number of amides is 3. The van der Waals surface area contributed by atoms with E-state index in [1.807, 2.05) is 25.1 Å². The minimum atomic E-state index is -0.798. The number of thiophene rings is 1. The van der Waals surface area contributed by atoms with Gasteiger partial charge >= 0.3 is 11.7 Å². The minimum absolute atomic E-state index is 0.0514. The Morgan fingerprint density at radius 1 is 0.944 bits per heavy atom. The molecule has 3 heterocycles. The molecule has 3 amide bonds. The molecule has 3 N–H and O–H groups in total. The fraction of sp³-hybridized carbons (Fsp3) is 0.205. The third kappa shape index (κ3) is 7.77. The highest BCUT2D eigenvalue weighted by atomic mass is 32.1. The number of fused-ring (bicyclic) bond motifs is 1. The van der Waals surface area contributed by atoms with Crippen LogP contribution in [0.3, 0.4) is 0 Å². The number of anilines is 1. The molecule has 3 aromatic carbocycles. The Kier molecular flexibility index (Phi) is 11.3. The number of para-hydroxylation sites is 1. The first-order valence-corrected chi connectivity index (χ1v) is 17.9. The van der Waals surface area contributed by atoms with Gasteiger partial charge in [0.05, 0.1) is 22.5 Å². The van der Waals surface area contributed by atoms with Gasteiger partial charge in [-0.1, -0.05) is 24.3 Å². The largest absolute Gasteiger partial charge is 0.375 e. The van der Waals surface area contributed by atoms with Crippen LogP contribution < -0.4 is 32.0 Å². The molecule has 0 saturated heterocycles. The molecular weight excluding hydrogens is 717 g/mol. The molecule has 3 aromatic heterocycles. The van der Waals surface area contributed by atoms with Crippen molar-refractivity contribution >= 4 is 39.2 Å². The molecule has 0 aliphatic carbocycles. The molecule has 0 aliphatic heterocycles. The highest BCUT2D eigenvalue weighted by Gasteiger charge is 2.26. The first-order chi connectivity index (χ1) is 26.0. The van der Waals surface area contributed by atoms with Crippen LogP contribution in [0.25, 0.3) is 21.6 Å². The number of pyridine rings is 1. The maximum absolute atomic E-state index is 14.9. The van der Waals surface area contributed by atoms with E-state index in [-0.39, 0.29) is 47.0 Å². The summed E-state index contributed by atoms with van der Waals surface area (Å²) in [5, 5.41) is 11.7. The van der Waals surface area contributed by atoms with Gasteiger partial charge in [-0.15, -0.1) is 11.3 Å². The molecule has 0 spiro atoms. The van der Waals surface area contributed by atoms with Crippen molar-refractivity contribution in [3.63, 3.8) is 0 Å². The van der Waals surface area contributed by atoms with Crippen LogP contribution in [0.15, 0.2) is 100 Å². The summed E-state index contributed by atoms with van der Waals surface area (Å²) in [6, 6.07) is 19.6. The molecule has 12 nitrogen and oxygen atoms in total. The number of hydrogen-bond acceptors (Lipinski definition) is 8. The predicted octanol–water partition coefficient (Wildman–Crippen LogP) is 6.23. The molecule has 15 heteroatoms. The van der Waals surface area contributed by atoms with E-state index in [0.29, 0.717) is 28.3 Å². The van der Waals surface area contributed by atoms with E-state index in [1.54, 1.807) is 48.8 Å². The SMILES string of the molecule is CCNC(=O)Nc1ccc(-n2c(=O)n(-c3cccc(Cc4c(F)cccc4F)c3ON(C)C(C)=O)c(=O)c3c(CNC(C)c4ccccn4)csc32)cc1. The molecular formula is C39H37F2N7O5S. The van der Waals surface area contributed by atoms with E-state index >= 15 is 0 Å². The first-order valence-electron chi connectivity index (χ1n) is 17.0. The molecule has 0 fully saturated rings. The Morgan fingerprint density at radius 2 is 1.67 bits per heavy atom. The number of carbonyl (C=O) groups excluding carboxylic acids is 2. The summed E-state index contributed by atoms with van der Waals surface area (Å²) < 4.78 is 32.2. The van der Waals surface area contributed by atoms with Gasteiger partial charge in [-0.05, 0) is 79.4 Å². The molecule has 1 atom stereocenters. The molecule has 6 aromatic rings. The maximum Gasteiger partial charge on any atom is 0.341 e. The lowest BCUT2D eigenvalue weighted by molar-refractivity contribution is -0.149.